The minimum absolute atomic E-state index is 0.192. The molecule has 2 heterocycles. The number of primary sulfonamides is 1. The molecule has 2 rings (SSSR count). The average Bonchev–Trinajstić information content (AvgIpc) is 2.95. The third kappa shape index (κ3) is 5.69. The predicted molar refractivity (Wildman–Crippen MR) is 98.3 cm³/mol. The maximum atomic E-state index is 11.6. The minimum atomic E-state index is -3.64. The molecule has 9 heteroatoms. The van der Waals surface area contributed by atoms with E-state index in [4.69, 9.17) is 14.6 Å². The molecule has 0 fully saturated rings. The van der Waals surface area contributed by atoms with Crippen molar-refractivity contribution in [3.63, 3.8) is 0 Å². The summed E-state index contributed by atoms with van der Waals surface area (Å²) in [4.78, 5) is 0. The summed E-state index contributed by atoms with van der Waals surface area (Å²) >= 11 is 3.06. The second-order valence-corrected chi connectivity index (χ2v) is 10.1. The Labute approximate surface area is 152 Å². The van der Waals surface area contributed by atoms with Crippen LogP contribution >= 0.6 is 23.1 Å². The van der Waals surface area contributed by atoms with E-state index >= 15 is 0 Å². The molecule has 0 bridgehead atoms. The Hall–Kier alpha value is -0.160. The summed E-state index contributed by atoms with van der Waals surface area (Å²) in [5.41, 5.74) is 1.07. The lowest BCUT2D eigenvalue weighted by molar-refractivity contribution is 0.0686. The number of sulfonamides is 1. The second-order valence-electron chi connectivity index (χ2n) is 5.69. The topological polar surface area (TPSA) is 90.7 Å². The van der Waals surface area contributed by atoms with Crippen LogP contribution in [-0.4, -0.2) is 47.1 Å². The van der Waals surface area contributed by atoms with Gasteiger partial charge >= 0.3 is 0 Å². The summed E-state index contributed by atoms with van der Waals surface area (Å²) < 4.78 is 35.0. The van der Waals surface area contributed by atoms with Crippen molar-refractivity contribution >= 4 is 33.1 Å². The van der Waals surface area contributed by atoms with E-state index in [0.29, 0.717) is 18.5 Å². The van der Waals surface area contributed by atoms with Gasteiger partial charge < -0.3 is 14.8 Å². The van der Waals surface area contributed by atoms with Gasteiger partial charge in [0.1, 0.15) is 4.21 Å². The quantitative estimate of drug-likeness (QED) is 0.592. The van der Waals surface area contributed by atoms with E-state index in [9.17, 15) is 8.42 Å². The molecule has 1 aromatic heterocycles. The Morgan fingerprint density at radius 3 is 2.83 bits per heavy atom. The summed E-state index contributed by atoms with van der Waals surface area (Å²) in [6.45, 7) is 4.89. The Bertz CT molecular complexity index is 618. The molecule has 1 aliphatic heterocycles. The van der Waals surface area contributed by atoms with E-state index in [1.807, 2.05) is 0 Å². The number of nitrogens with one attached hydrogen (secondary N) is 1. The molecule has 0 radical (unpaired) electrons. The number of ether oxygens (including phenoxy) is 2. The lowest BCUT2D eigenvalue weighted by atomic mass is 10.0. The van der Waals surface area contributed by atoms with E-state index < -0.39 is 10.0 Å². The fourth-order valence-corrected chi connectivity index (χ4v) is 6.64. The van der Waals surface area contributed by atoms with Gasteiger partial charge in [0.15, 0.2) is 0 Å². The van der Waals surface area contributed by atoms with Gasteiger partial charge in [0.05, 0.1) is 17.4 Å². The van der Waals surface area contributed by atoms with E-state index in [0.717, 1.165) is 42.2 Å². The van der Waals surface area contributed by atoms with Crippen LogP contribution in [-0.2, 0) is 19.5 Å². The number of hydrogen-bond acceptors (Lipinski definition) is 7. The van der Waals surface area contributed by atoms with Crippen molar-refractivity contribution in [1.29, 1.82) is 0 Å². The van der Waals surface area contributed by atoms with Gasteiger partial charge in [-0.15, -0.1) is 23.1 Å². The van der Waals surface area contributed by atoms with Crippen LogP contribution in [0.3, 0.4) is 0 Å². The van der Waals surface area contributed by atoms with Crippen molar-refractivity contribution in [3.05, 3.63) is 11.6 Å². The van der Waals surface area contributed by atoms with Gasteiger partial charge in [-0.05, 0) is 37.4 Å². The lowest BCUT2D eigenvalue weighted by Crippen LogP contribution is -2.27. The van der Waals surface area contributed by atoms with Crippen LogP contribution in [0.15, 0.2) is 14.5 Å². The van der Waals surface area contributed by atoms with Crippen LogP contribution in [0.25, 0.3) is 0 Å². The number of thioether (sulfide) groups is 1. The predicted octanol–water partition coefficient (Wildman–Crippen LogP) is 2.35. The van der Waals surface area contributed by atoms with E-state index in [1.54, 1.807) is 24.9 Å². The molecular formula is C15H26N2O4S3. The molecule has 1 aromatic rings. The molecule has 1 aliphatic rings. The Morgan fingerprint density at radius 1 is 1.38 bits per heavy atom. The van der Waals surface area contributed by atoms with E-state index in [-0.39, 0.29) is 10.3 Å². The van der Waals surface area contributed by atoms with Gasteiger partial charge in [-0.2, -0.15) is 0 Å². The second kappa shape index (κ2) is 9.51. The summed E-state index contributed by atoms with van der Waals surface area (Å²) in [5, 5.41) is 9.21. The first-order valence-electron chi connectivity index (χ1n) is 8.09. The molecule has 0 aromatic carbocycles. The van der Waals surface area contributed by atoms with Gasteiger partial charge in [0.2, 0.25) is 10.0 Å². The van der Waals surface area contributed by atoms with Crippen molar-refractivity contribution in [3.8, 4) is 0 Å². The number of fused-ring (bicyclic) bond motifs is 1. The molecular weight excluding hydrogens is 368 g/mol. The summed E-state index contributed by atoms with van der Waals surface area (Å²) in [7, 11) is -1.97. The standard InChI is InChI=1S/C15H26N2O4S3/c1-3-17-13-9-11(5-4-6-21-8-7-20-2)22-15-12(13)10-14(23-15)24(16,18)19/h10-11,13,17H,3-9H2,1-2H3,(H2,16,18,19)/t11-,13-/m0/s1. The molecule has 3 N–H and O–H groups in total. The summed E-state index contributed by atoms with van der Waals surface area (Å²) in [6, 6.07) is 1.93. The van der Waals surface area contributed by atoms with Gasteiger partial charge in [-0.3, -0.25) is 0 Å². The van der Waals surface area contributed by atoms with Crippen LogP contribution in [0, 0.1) is 0 Å². The molecule has 0 saturated carbocycles. The zero-order chi connectivity index (χ0) is 17.6. The number of hydrogen-bond donors (Lipinski definition) is 2. The van der Waals surface area contributed by atoms with Crippen molar-refractivity contribution in [2.24, 2.45) is 5.14 Å². The molecule has 2 atom stereocenters. The van der Waals surface area contributed by atoms with Crippen molar-refractivity contribution < 1.29 is 17.9 Å². The molecule has 0 spiro atoms. The Morgan fingerprint density at radius 2 is 2.17 bits per heavy atom. The average molecular weight is 395 g/mol. The maximum Gasteiger partial charge on any atom is 0.247 e. The van der Waals surface area contributed by atoms with Crippen molar-refractivity contribution in [2.45, 2.75) is 45.9 Å². The maximum absolute atomic E-state index is 11.6. The Balaban J connectivity index is 1.96. The van der Waals surface area contributed by atoms with E-state index in [1.165, 1.54) is 11.3 Å². The molecule has 24 heavy (non-hydrogen) atoms. The third-order valence-corrected chi connectivity index (χ3v) is 7.94. The lowest BCUT2D eigenvalue weighted by Gasteiger charge is -2.29. The van der Waals surface area contributed by atoms with Gasteiger partial charge in [-0.25, -0.2) is 13.6 Å². The van der Waals surface area contributed by atoms with Crippen LogP contribution in [0.4, 0.5) is 0 Å². The van der Waals surface area contributed by atoms with Crippen LogP contribution in [0.1, 0.15) is 37.8 Å². The number of thiophene rings is 1. The van der Waals surface area contributed by atoms with Gasteiger partial charge in [0, 0.05) is 25.0 Å². The largest absolute Gasteiger partial charge is 0.382 e. The molecule has 0 unspecified atom stereocenters. The third-order valence-electron chi connectivity index (χ3n) is 3.83. The fourth-order valence-electron chi connectivity index (χ4n) is 2.70. The van der Waals surface area contributed by atoms with E-state index in [2.05, 4.69) is 12.2 Å². The SMILES string of the molecule is CCN[C@H]1C[C@H](CCCOCCOC)Sc2sc(S(N)(=O)=O)cc21. The zero-order valence-corrected chi connectivity index (χ0v) is 16.6. The molecule has 0 saturated heterocycles. The normalized spacial score (nSPS) is 21.0. The van der Waals surface area contributed by atoms with Crippen molar-refractivity contribution in [1.82, 2.24) is 5.32 Å². The highest BCUT2D eigenvalue weighted by molar-refractivity contribution is 8.02. The minimum Gasteiger partial charge on any atom is -0.382 e. The number of nitrogens with two attached hydrogens (primary N) is 1. The highest BCUT2D eigenvalue weighted by Crippen LogP contribution is 2.47. The zero-order valence-electron chi connectivity index (χ0n) is 14.1. The smallest absolute Gasteiger partial charge is 0.247 e. The number of methoxy groups -OCH3 is 1. The Kier molecular flexibility index (Phi) is 7.99. The first-order valence-corrected chi connectivity index (χ1v) is 11.3. The summed E-state index contributed by atoms with van der Waals surface area (Å²) in [5.74, 6) is 0. The molecule has 138 valence electrons. The van der Waals surface area contributed by atoms with Gasteiger partial charge in [-0.1, -0.05) is 6.92 Å². The van der Waals surface area contributed by atoms with Crippen molar-refractivity contribution in [2.75, 3.05) is 33.5 Å². The molecule has 0 aliphatic carbocycles. The highest BCUT2D eigenvalue weighted by Gasteiger charge is 2.30. The van der Waals surface area contributed by atoms with Crippen LogP contribution < -0.4 is 10.5 Å². The van der Waals surface area contributed by atoms with Crippen LogP contribution in [0.2, 0.25) is 0 Å². The summed E-state index contributed by atoms with van der Waals surface area (Å²) in [6.07, 6.45) is 3.02. The number of rotatable bonds is 10. The first kappa shape index (κ1) is 20.2. The van der Waals surface area contributed by atoms with Crippen LogP contribution in [0.5, 0.6) is 0 Å². The first-order chi connectivity index (χ1) is 11.5. The molecule has 6 nitrogen and oxygen atoms in total. The fraction of sp³-hybridized carbons (Fsp3) is 0.733. The molecule has 0 amide bonds. The van der Waals surface area contributed by atoms with Gasteiger partial charge in [0.25, 0.3) is 0 Å². The highest BCUT2D eigenvalue weighted by atomic mass is 32.3. The monoisotopic (exact) mass is 394 g/mol.